The van der Waals surface area contributed by atoms with Gasteiger partial charge in [0, 0.05) is 25.6 Å². The van der Waals surface area contributed by atoms with Gasteiger partial charge in [0.1, 0.15) is 5.76 Å². The van der Waals surface area contributed by atoms with Crippen LogP contribution in [-0.2, 0) is 16.1 Å². The van der Waals surface area contributed by atoms with Crippen LogP contribution >= 0.6 is 0 Å². The van der Waals surface area contributed by atoms with Gasteiger partial charge in [-0.1, -0.05) is 12.8 Å². The van der Waals surface area contributed by atoms with Crippen LogP contribution in [0.2, 0.25) is 0 Å². The minimum Gasteiger partial charge on any atom is -0.467 e. The van der Waals surface area contributed by atoms with Gasteiger partial charge in [-0.25, -0.2) is 0 Å². The van der Waals surface area contributed by atoms with E-state index < -0.39 is 0 Å². The molecule has 2 amide bonds. The zero-order chi connectivity index (χ0) is 16.5. The van der Waals surface area contributed by atoms with E-state index >= 15 is 0 Å². The molecule has 0 bridgehead atoms. The third kappa shape index (κ3) is 2.96. The van der Waals surface area contributed by atoms with Crippen molar-refractivity contribution in [3.63, 3.8) is 0 Å². The Balaban J connectivity index is 1.42. The third-order valence-corrected chi connectivity index (χ3v) is 6.02. The smallest absolute Gasteiger partial charge is 0.228 e. The first-order chi connectivity index (χ1) is 11.7. The Hall–Kier alpha value is -1.78. The Labute approximate surface area is 143 Å². The van der Waals surface area contributed by atoms with Crippen LogP contribution in [0.15, 0.2) is 22.8 Å². The fourth-order valence-corrected chi connectivity index (χ4v) is 4.81. The lowest BCUT2D eigenvalue weighted by Crippen LogP contribution is -2.51. The van der Waals surface area contributed by atoms with Crippen molar-refractivity contribution >= 4 is 11.8 Å². The minimum atomic E-state index is -0.173. The number of amides is 2. The summed E-state index contributed by atoms with van der Waals surface area (Å²) in [5, 5.41) is 0. The molecule has 0 radical (unpaired) electrons. The highest BCUT2D eigenvalue weighted by atomic mass is 16.3. The zero-order valence-corrected chi connectivity index (χ0v) is 14.2. The van der Waals surface area contributed by atoms with E-state index in [1.54, 1.807) is 11.2 Å². The molecular weight excluding hydrogens is 304 g/mol. The lowest BCUT2D eigenvalue weighted by molar-refractivity contribution is -0.142. The zero-order valence-electron chi connectivity index (χ0n) is 14.2. The van der Waals surface area contributed by atoms with Gasteiger partial charge in [-0.2, -0.15) is 0 Å². The quantitative estimate of drug-likeness (QED) is 0.856. The van der Waals surface area contributed by atoms with Crippen LogP contribution in [-0.4, -0.2) is 40.7 Å². The first kappa shape index (κ1) is 15.7. The van der Waals surface area contributed by atoms with Crippen LogP contribution in [0.1, 0.15) is 50.7 Å². The SMILES string of the molecule is O=C1CC(C(=O)N2CCCC3CCCCC32)CN1Cc1ccco1. The van der Waals surface area contributed by atoms with Crippen molar-refractivity contribution in [3.05, 3.63) is 24.2 Å². The van der Waals surface area contributed by atoms with E-state index in [2.05, 4.69) is 4.90 Å². The molecule has 1 saturated carbocycles. The molecule has 1 aromatic rings. The molecule has 3 fully saturated rings. The molecule has 0 aromatic carbocycles. The summed E-state index contributed by atoms with van der Waals surface area (Å²) in [6.07, 6.45) is 9.31. The number of fused-ring (bicyclic) bond motifs is 1. The second-order valence-corrected chi connectivity index (χ2v) is 7.54. The summed E-state index contributed by atoms with van der Waals surface area (Å²) in [4.78, 5) is 29.3. The molecule has 3 unspecified atom stereocenters. The lowest BCUT2D eigenvalue weighted by atomic mass is 9.78. The number of hydrogen-bond donors (Lipinski definition) is 0. The van der Waals surface area contributed by atoms with E-state index in [0.29, 0.717) is 31.5 Å². The summed E-state index contributed by atoms with van der Waals surface area (Å²) < 4.78 is 5.34. The van der Waals surface area contributed by atoms with Gasteiger partial charge in [0.05, 0.1) is 18.7 Å². The number of furan rings is 1. The van der Waals surface area contributed by atoms with Crippen LogP contribution in [0.25, 0.3) is 0 Å². The highest BCUT2D eigenvalue weighted by molar-refractivity contribution is 5.89. The van der Waals surface area contributed by atoms with E-state index in [0.717, 1.165) is 25.1 Å². The Morgan fingerprint density at radius 2 is 2.04 bits per heavy atom. The third-order valence-electron chi connectivity index (χ3n) is 6.02. The molecule has 5 heteroatoms. The van der Waals surface area contributed by atoms with Crippen LogP contribution in [0, 0.1) is 11.8 Å². The molecule has 130 valence electrons. The van der Waals surface area contributed by atoms with Crippen molar-refractivity contribution in [2.45, 2.75) is 57.5 Å². The second-order valence-electron chi connectivity index (χ2n) is 7.54. The Morgan fingerprint density at radius 3 is 2.88 bits per heavy atom. The predicted molar refractivity (Wildman–Crippen MR) is 88.9 cm³/mol. The maximum Gasteiger partial charge on any atom is 0.228 e. The summed E-state index contributed by atoms with van der Waals surface area (Å²) in [6, 6.07) is 4.13. The minimum absolute atomic E-state index is 0.0713. The molecule has 2 aliphatic heterocycles. The topological polar surface area (TPSA) is 53.8 Å². The monoisotopic (exact) mass is 330 g/mol. The Kier molecular flexibility index (Phi) is 4.33. The Bertz CT molecular complexity index is 596. The van der Waals surface area contributed by atoms with Gasteiger partial charge in [0.15, 0.2) is 0 Å². The van der Waals surface area contributed by atoms with Crippen LogP contribution in [0.5, 0.6) is 0 Å². The Morgan fingerprint density at radius 1 is 1.21 bits per heavy atom. The molecule has 0 N–H and O–H groups in total. The first-order valence-electron chi connectivity index (χ1n) is 9.33. The molecule has 2 saturated heterocycles. The molecule has 0 spiro atoms. The number of nitrogens with zero attached hydrogens (tertiary/aromatic N) is 2. The number of piperidine rings is 1. The number of likely N-dealkylation sites (tertiary alicyclic amines) is 2. The average molecular weight is 330 g/mol. The molecule has 5 nitrogen and oxygen atoms in total. The van der Waals surface area contributed by atoms with Gasteiger partial charge in [-0.3, -0.25) is 9.59 Å². The molecule has 1 aromatic heterocycles. The first-order valence-corrected chi connectivity index (χ1v) is 9.33. The van der Waals surface area contributed by atoms with Crippen molar-refractivity contribution in [1.82, 2.24) is 9.80 Å². The van der Waals surface area contributed by atoms with E-state index in [-0.39, 0.29) is 17.7 Å². The maximum absolute atomic E-state index is 13.1. The van der Waals surface area contributed by atoms with Crippen molar-refractivity contribution < 1.29 is 14.0 Å². The fourth-order valence-electron chi connectivity index (χ4n) is 4.81. The van der Waals surface area contributed by atoms with E-state index in [1.807, 2.05) is 12.1 Å². The summed E-state index contributed by atoms with van der Waals surface area (Å²) >= 11 is 0. The number of hydrogen-bond acceptors (Lipinski definition) is 3. The number of carbonyl (C=O) groups is 2. The molecule has 4 rings (SSSR count). The molecule has 24 heavy (non-hydrogen) atoms. The van der Waals surface area contributed by atoms with Crippen LogP contribution < -0.4 is 0 Å². The van der Waals surface area contributed by atoms with Gasteiger partial charge < -0.3 is 14.2 Å². The van der Waals surface area contributed by atoms with Gasteiger partial charge >= 0.3 is 0 Å². The maximum atomic E-state index is 13.1. The van der Waals surface area contributed by atoms with E-state index in [4.69, 9.17) is 4.42 Å². The van der Waals surface area contributed by atoms with Crippen molar-refractivity contribution in [2.24, 2.45) is 11.8 Å². The van der Waals surface area contributed by atoms with Crippen molar-refractivity contribution in [2.75, 3.05) is 13.1 Å². The summed E-state index contributed by atoms with van der Waals surface area (Å²) in [7, 11) is 0. The standard InChI is InChI=1S/C19H26N2O3/c22-18-11-15(12-20(18)13-16-7-4-10-24-16)19(23)21-9-3-6-14-5-1-2-8-17(14)21/h4,7,10,14-15,17H,1-3,5-6,8-9,11-13H2. The number of rotatable bonds is 3. The second kappa shape index (κ2) is 6.61. The summed E-state index contributed by atoms with van der Waals surface area (Å²) in [6.45, 7) is 1.89. The van der Waals surface area contributed by atoms with Crippen molar-refractivity contribution in [1.29, 1.82) is 0 Å². The van der Waals surface area contributed by atoms with Gasteiger partial charge in [0.2, 0.25) is 11.8 Å². The summed E-state index contributed by atoms with van der Waals surface area (Å²) in [5.41, 5.74) is 0. The lowest BCUT2D eigenvalue weighted by Gasteiger charge is -2.45. The normalized spacial score (nSPS) is 30.5. The van der Waals surface area contributed by atoms with E-state index in [1.165, 1.54) is 25.7 Å². The van der Waals surface area contributed by atoms with Gasteiger partial charge in [-0.05, 0) is 43.7 Å². The molecule has 3 heterocycles. The highest BCUT2D eigenvalue weighted by Gasteiger charge is 2.41. The molecule has 3 atom stereocenters. The molecular formula is C19H26N2O3. The molecule has 3 aliphatic rings. The largest absolute Gasteiger partial charge is 0.467 e. The van der Waals surface area contributed by atoms with Gasteiger partial charge in [-0.15, -0.1) is 0 Å². The highest BCUT2D eigenvalue weighted by Crippen LogP contribution is 2.36. The summed E-state index contributed by atoms with van der Waals surface area (Å²) in [5.74, 6) is 1.58. The average Bonchev–Trinajstić information content (AvgIpc) is 3.24. The predicted octanol–water partition coefficient (Wildman–Crippen LogP) is 2.81. The van der Waals surface area contributed by atoms with Crippen molar-refractivity contribution in [3.8, 4) is 0 Å². The molecule has 1 aliphatic carbocycles. The van der Waals surface area contributed by atoms with Crippen LogP contribution in [0.3, 0.4) is 0 Å². The number of carbonyl (C=O) groups excluding carboxylic acids is 2. The van der Waals surface area contributed by atoms with Crippen LogP contribution in [0.4, 0.5) is 0 Å². The van der Waals surface area contributed by atoms with Gasteiger partial charge in [0.25, 0.3) is 0 Å². The fraction of sp³-hybridized carbons (Fsp3) is 0.684. The van der Waals surface area contributed by atoms with E-state index in [9.17, 15) is 9.59 Å².